The minimum Gasteiger partial charge on any atom is -0.497 e. The number of aromatic nitrogens is 3. The van der Waals surface area contributed by atoms with Gasteiger partial charge in [-0.1, -0.05) is 30.3 Å². The number of methoxy groups -OCH3 is 1. The van der Waals surface area contributed by atoms with Gasteiger partial charge in [-0.3, -0.25) is 4.79 Å². The molecule has 1 aliphatic heterocycles. The molecule has 39 heavy (non-hydrogen) atoms. The topological polar surface area (TPSA) is 111 Å². The zero-order valence-corrected chi connectivity index (χ0v) is 21.7. The highest BCUT2D eigenvalue weighted by atomic mass is 16.5. The Morgan fingerprint density at radius 1 is 0.897 bits per heavy atom. The van der Waals surface area contributed by atoms with Crippen LogP contribution in [0.5, 0.6) is 11.8 Å². The standard InChI is InChI=1S/C29H30N6O4/c1-37-25-13-7-21(8-14-25)15-18-39-29-33-27(32-28(34-29)35-16-19-38-20-17-35)31-24-11-9-23(10-12-24)30-26(36)22-5-3-2-4-6-22/h2-14H,15-20H2,1H3,(H,30,36)(H,31,32,33,34). The van der Waals surface area contributed by atoms with Gasteiger partial charge in [0.25, 0.3) is 5.91 Å². The van der Waals surface area contributed by atoms with E-state index in [1.165, 1.54) is 0 Å². The average molecular weight is 527 g/mol. The maximum absolute atomic E-state index is 12.4. The fourth-order valence-corrected chi connectivity index (χ4v) is 3.98. The Bertz CT molecular complexity index is 1360. The van der Waals surface area contributed by atoms with Crippen molar-refractivity contribution >= 4 is 29.2 Å². The van der Waals surface area contributed by atoms with Crippen molar-refractivity contribution in [2.75, 3.05) is 55.6 Å². The summed E-state index contributed by atoms with van der Waals surface area (Å²) in [4.78, 5) is 28.1. The molecular weight excluding hydrogens is 496 g/mol. The van der Waals surface area contributed by atoms with Crippen molar-refractivity contribution in [3.63, 3.8) is 0 Å². The second kappa shape index (κ2) is 12.7. The molecule has 0 radical (unpaired) electrons. The molecule has 2 heterocycles. The second-order valence-electron chi connectivity index (χ2n) is 8.81. The van der Waals surface area contributed by atoms with Gasteiger partial charge in [0.15, 0.2) is 0 Å². The number of nitrogens with zero attached hydrogens (tertiary/aromatic N) is 4. The highest BCUT2D eigenvalue weighted by Crippen LogP contribution is 2.22. The zero-order valence-electron chi connectivity index (χ0n) is 21.7. The quantitative estimate of drug-likeness (QED) is 0.312. The fourth-order valence-electron chi connectivity index (χ4n) is 3.98. The maximum Gasteiger partial charge on any atom is 0.323 e. The molecule has 1 aromatic heterocycles. The molecule has 10 nitrogen and oxygen atoms in total. The van der Waals surface area contributed by atoms with E-state index in [0.29, 0.717) is 62.5 Å². The largest absolute Gasteiger partial charge is 0.497 e. The van der Waals surface area contributed by atoms with Crippen molar-refractivity contribution in [2.24, 2.45) is 0 Å². The molecule has 10 heteroatoms. The van der Waals surface area contributed by atoms with E-state index in [1.807, 2.05) is 66.7 Å². The van der Waals surface area contributed by atoms with Gasteiger partial charge in [0.1, 0.15) is 5.75 Å². The molecule has 0 aliphatic carbocycles. The fraction of sp³-hybridized carbons (Fsp3) is 0.241. The first-order chi connectivity index (χ1) is 19.2. The molecule has 0 spiro atoms. The van der Waals surface area contributed by atoms with Crippen LogP contribution in [0.4, 0.5) is 23.3 Å². The molecule has 200 valence electrons. The third kappa shape index (κ3) is 7.20. The van der Waals surface area contributed by atoms with Crippen molar-refractivity contribution in [3.05, 3.63) is 90.0 Å². The van der Waals surface area contributed by atoms with Crippen LogP contribution in [0.1, 0.15) is 15.9 Å². The van der Waals surface area contributed by atoms with E-state index in [0.717, 1.165) is 17.0 Å². The summed E-state index contributed by atoms with van der Waals surface area (Å²) in [6.45, 7) is 3.00. The summed E-state index contributed by atoms with van der Waals surface area (Å²) in [5, 5.41) is 6.13. The molecule has 5 rings (SSSR count). The average Bonchev–Trinajstić information content (AvgIpc) is 2.99. The van der Waals surface area contributed by atoms with Crippen LogP contribution in [0.3, 0.4) is 0 Å². The first-order valence-electron chi connectivity index (χ1n) is 12.7. The minimum atomic E-state index is -0.166. The van der Waals surface area contributed by atoms with Gasteiger partial charge in [-0.15, -0.1) is 0 Å². The number of carbonyl (C=O) groups excluding carboxylic acids is 1. The molecule has 1 aliphatic rings. The molecule has 0 unspecified atom stereocenters. The van der Waals surface area contributed by atoms with Crippen molar-refractivity contribution in [1.29, 1.82) is 0 Å². The highest BCUT2D eigenvalue weighted by Gasteiger charge is 2.17. The van der Waals surface area contributed by atoms with Gasteiger partial charge in [-0.2, -0.15) is 15.0 Å². The number of benzene rings is 3. The van der Waals surface area contributed by atoms with E-state index >= 15 is 0 Å². The van der Waals surface area contributed by atoms with Gasteiger partial charge in [-0.05, 0) is 54.1 Å². The van der Waals surface area contributed by atoms with Crippen LogP contribution in [-0.2, 0) is 11.2 Å². The van der Waals surface area contributed by atoms with Crippen LogP contribution in [0, 0.1) is 0 Å². The van der Waals surface area contributed by atoms with E-state index in [1.54, 1.807) is 19.2 Å². The number of nitrogens with one attached hydrogen (secondary N) is 2. The number of hydrogen-bond donors (Lipinski definition) is 2. The van der Waals surface area contributed by atoms with Crippen LogP contribution >= 0.6 is 0 Å². The third-order valence-electron chi connectivity index (χ3n) is 6.11. The molecule has 4 aromatic rings. The Labute approximate surface area is 227 Å². The van der Waals surface area contributed by atoms with Gasteiger partial charge in [-0.25, -0.2) is 0 Å². The molecule has 1 saturated heterocycles. The van der Waals surface area contributed by atoms with Gasteiger partial charge in [0.2, 0.25) is 11.9 Å². The first-order valence-corrected chi connectivity index (χ1v) is 12.7. The van der Waals surface area contributed by atoms with Crippen LogP contribution in [0.25, 0.3) is 0 Å². The molecule has 0 bridgehead atoms. The van der Waals surface area contributed by atoms with E-state index < -0.39 is 0 Å². The molecule has 2 N–H and O–H groups in total. The maximum atomic E-state index is 12.4. The Hall–Kier alpha value is -4.70. The summed E-state index contributed by atoms with van der Waals surface area (Å²) < 4.78 is 16.6. The summed E-state index contributed by atoms with van der Waals surface area (Å²) in [6, 6.07) is 24.5. The number of hydrogen-bond acceptors (Lipinski definition) is 9. The Balaban J connectivity index is 1.26. The lowest BCUT2D eigenvalue weighted by atomic mass is 10.1. The SMILES string of the molecule is COc1ccc(CCOc2nc(Nc3ccc(NC(=O)c4ccccc4)cc3)nc(N3CCOCC3)n2)cc1. The van der Waals surface area contributed by atoms with Crippen LogP contribution in [0.15, 0.2) is 78.9 Å². The lowest BCUT2D eigenvalue weighted by molar-refractivity contribution is 0.102. The lowest BCUT2D eigenvalue weighted by Gasteiger charge is -2.27. The molecule has 0 saturated carbocycles. The lowest BCUT2D eigenvalue weighted by Crippen LogP contribution is -2.37. The van der Waals surface area contributed by atoms with E-state index in [4.69, 9.17) is 14.2 Å². The van der Waals surface area contributed by atoms with Crippen molar-refractivity contribution in [1.82, 2.24) is 15.0 Å². The first kappa shape index (κ1) is 25.9. The number of carbonyl (C=O) groups is 1. The summed E-state index contributed by atoms with van der Waals surface area (Å²) in [7, 11) is 1.65. The van der Waals surface area contributed by atoms with Gasteiger partial charge >= 0.3 is 6.01 Å². The van der Waals surface area contributed by atoms with Crippen molar-refractivity contribution < 1.29 is 19.0 Å². The predicted molar refractivity (Wildman–Crippen MR) is 149 cm³/mol. The van der Waals surface area contributed by atoms with Gasteiger partial charge in [0, 0.05) is 36.4 Å². The molecular formula is C29H30N6O4. The van der Waals surface area contributed by atoms with Crippen LogP contribution in [-0.4, -0.2) is 60.9 Å². The van der Waals surface area contributed by atoms with Gasteiger partial charge in [0.05, 0.1) is 26.9 Å². The smallest absolute Gasteiger partial charge is 0.323 e. The van der Waals surface area contributed by atoms with E-state index in [9.17, 15) is 4.79 Å². The van der Waals surface area contributed by atoms with Gasteiger partial charge < -0.3 is 29.7 Å². The highest BCUT2D eigenvalue weighted by molar-refractivity contribution is 6.04. The Morgan fingerprint density at radius 2 is 1.62 bits per heavy atom. The minimum absolute atomic E-state index is 0.166. The normalized spacial score (nSPS) is 13.0. The third-order valence-corrected chi connectivity index (χ3v) is 6.11. The van der Waals surface area contributed by atoms with Crippen LogP contribution in [0.2, 0.25) is 0 Å². The Morgan fingerprint density at radius 3 is 2.33 bits per heavy atom. The molecule has 1 fully saturated rings. The summed E-state index contributed by atoms with van der Waals surface area (Å²) in [5.74, 6) is 1.55. The van der Waals surface area contributed by atoms with Crippen molar-refractivity contribution in [2.45, 2.75) is 6.42 Å². The zero-order chi connectivity index (χ0) is 26.9. The van der Waals surface area contributed by atoms with Crippen molar-refractivity contribution in [3.8, 4) is 11.8 Å². The molecule has 0 atom stereocenters. The number of rotatable bonds is 10. The van der Waals surface area contributed by atoms with Crippen LogP contribution < -0.4 is 25.0 Å². The number of amides is 1. The summed E-state index contributed by atoms with van der Waals surface area (Å²) in [6.07, 6.45) is 0.696. The molecule has 3 aromatic carbocycles. The number of morpholine rings is 1. The number of anilines is 4. The predicted octanol–water partition coefficient (Wildman–Crippen LogP) is 4.33. The van der Waals surface area contributed by atoms with E-state index in [-0.39, 0.29) is 11.9 Å². The summed E-state index contributed by atoms with van der Waals surface area (Å²) >= 11 is 0. The van der Waals surface area contributed by atoms with E-state index in [2.05, 4.69) is 30.5 Å². The number of ether oxygens (including phenoxy) is 3. The Kier molecular flexibility index (Phi) is 8.44. The monoisotopic (exact) mass is 526 g/mol. The second-order valence-corrected chi connectivity index (χ2v) is 8.81. The summed E-state index contributed by atoms with van der Waals surface area (Å²) in [5.41, 5.74) is 3.16. The molecule has 1 amide bonds.